The highest BCUT2D eigenvalue weighted by atomic mass is 19.3. The first-order chi connectivity index (χ1) is 6.65. The fraction of sp³-hybridized carbons (Fsp3) is 0.333. The van der Waals surface area contributed by atoms with Crippen LogP contribution in [-0.2, 0) is 0 Å². The Hall–Kier alpha value is -1.23. The highest BCUT2D eigenvalue weighted by Crippen LogP contribution is 2.27. The zero-order chi connectivity index (χ0) is 10.6. The molecule has 0 aliphatic heterocycles. The average Bonchev–Trinajstić information content (AvgIpc) is 2.16. The van der Waals surface area contributed by atoms with E-state index in [1.54, 1.807) is 0 Å². The summed E-state index contributed by atoms with van der Waals surface area (Å²) in [6.45, 7) is -3.22. The number of para-hydroxylation sites is 1. The largest absolute Gasteiger partial charge is 0.434 e. The Morgan fingerprint density at radius 3 is 2.43 bits per heavy atom. The molecular weight excluding hydrogens is 195 g/mol. The van der Waals surface area contributed by atoms with E-state index < -0.39 is 12.8 Å². The van der Waals surface area contributed by atoms with Crippen LogP contribution in [0.1, 0.15) is 11.7 Å². The van der Waals surface area contributed by atoms with E-state index in [0.29, 0.717) is 0 Å². The first kappa shape index (κ1) is 10.8. The number of alkyl halides is 3. The molecule has 0 spiro atoms. The van der Waals surface area contributed by atoms with Crippen molar-refractivity contribution in [2.24, 2.45) is 5.73 Å². The minimum atomic E-state index is -2.96. The Morgan fingerprint density at radius 2 is 1.86 bits per heavy atom. The molecule has 14 heavy (non-hydrogen) atoms. The van der Waals surface area contributed by atoms with Crippen LogP contribution in [0.5, 0.6) is 5.75 Å². The van der Waals surface area contributed by atoms with Gasteiger partial charge in [-0.05, 0) is 6.07 Å². The van der Waals surface area contributed by atoms with Gasteiger partial charge in [-0.15, -0.1) is 0 Å². The Balaban J connectivity index is 2.91. The molecule has 0 amide bonds. The number of ether oxygens (including phenoxy) is 1. The van der Waals surface area contributed by atoms with Crippen molar-refractivity contribution in [3.8, 4) is 5.75 Å². The average molecular weight is 205 g/mol. The molecule has 2 nitrogen and oxygen atoms in total. The van der Waals surface area contributed by atoms with Crippen LogP contribution < -0.4 is 10.5 Å². The molecule has 0 saturated heterocycles. The molecule has 1 aromatic rings. The van der Waals surface area contributed by atoms with E-state index in [4.69, 9.17) is 5.73 Å². The van der Waals surface area contributed by atoms with E-state index >= 15 is 0 Å². The molecule has 0 fully saturated rings. The second-order valence-electron chi connectivity index (χ2n) is 2.62. The van der Waals surface area contributed by atoms with Crippen LogP contribution in [0, 0.1) is 0 Å². The van der Waals surface area contributed by atoms with E-state index in [-0.39, 0.29) is 17.9 Å². The molecule has 0 aliphatic rings. The maximum Gasteiger partial charge on any atom is 0.387 e. The summed E-state index contributed by atoms with van der Waals surface area (Å²) in [6.07, 6.45) is -1.48. The second kappa shape index (κ2) is 4.85. The molecule has 0 aliphatic carbocycles. The summed E-state index contributed by atoms with van der Waals surface area (Å²) in [4.78, 5) is 0. The van der Waals surface area contributed by atoms with Gasteiger partial charge < -0.3 is 10.5 Å². The lowest BCUT2D eigenvalue weighted by Crippen LogP contribution is -2.11. The van der Waals surface area contributed by atoms with Gasteiger partial charge in [-0.3, -0.25) is 0 Å². The van der Waals surface area contributed by atoms with Gasteiger partial charge in [-0.2, -0.15) is 8.78 Å². The van der Waals surface area contributed by atoms with Crippen molar-refractivity contribution in [3.05, 3.63) is 29.8 Å². The first-order valence-corrected chi connectivity index (χ1v) is 4.03. The molecule has 1 rings (SSSR count). The van der Waals surface area contributed by atoms with Crippen molar-refractivity contribution >= 4 is 0 Å². The normalized spacial score (nSPS) is 12.9. The zero-order valence-electron chi connectivity index (χ0n) is 7.29. The van der Waals surface area contributed by atoms with Crippen molar-refractivity contribution in [1.29, 1.82) is 0 Å². The van der Waals surface area contributed by atoms with Crippen LogP contribution in [0.25, 0.3) is 0 Å². The van der Waals surface area contributed by atoms with Crippen LogP contribution >= 0.6 is 0 Å². The number of nitrogens with two attached hydrogens (primary N) is 1. The highest BCUT2D eigenvalue weighted by molar-refractivity contribution is 5.35. The molecule has 1 aromatic carbocycles. The van der Waals surface area contributed by atoms with Gasteiger partial charge in [0, 0.05) is 12.1 Å². The van der Waals surface area contributed by atoms with Gasteiger partial charge in [-0.25, -0.2) is 4.39 Å². The van der Waals surface area contributed by atoms with E-state index in [1.165, 1.54) is 24.3 Å². The SMILES string of the molecule is NCC(F)c1ccccc1OC(F)F. The third kappa shape index (κ3) is 2.63. The number of benzene rings is 1. The van der Waals surface area contributed by atoms with E-state index in [1.807, 2.05) is 0 Å². The molecule has 0 heterocycles. The standard InChI is InChI=1S/C9H10F3NO/c10-7(5-13)6-3-1-2-4-8(6)14-9(11)12/h1-4,7,9H,5,13H2. The van der Waals surface area contributed by atoms with Crippen molar-refractivity contribution in [3.63, 3.8) is 0 Å². The number of rotatable bonds is 4. The molecule has 1 unspecified atom stereocenters. The molecule has 2 N–H and O–H groups in total. The van der Waals surface area contributed by atoms with Gasteiger partial charge in [0.05, 0.1) is 0 Å². The van der Waals surface area contributed by atoms with Gasteiger partial charge in [0.1, 0.15) is 11.9 Å². The van der Waals surface area contributed by atoms with Crippen molar-refractivity contribution < 1.29 is 17.9 Å². The van der Waals surface area contributed by atoms with Gasteiger partial charge in [-0.1, -0.05) is 18.2 Å². The third-order valence-corrected chi connectivity index (χ3v) is 1.68. The summed E-state index contributed by atoms with van der Waals surface area (Å²) in [5, 5.41) is 0. The van der Waals surface area contributed by atoms with E-state index in [0.717, 1.165) is 0 Å². The van der Waals surface area contributed by atoms with Crippen molar-refractivity contribution in [2.75, 3.05) is 6.54 Å². The summed E-state index contributed by atoms with van der Waals surface area (Å²) < 4.78 is 41.0. The fourth-order valence-corrected chi connectivity index (χ4v) is 1.07. The van der Waals surface area contributed by atoms with Crippen LogP contribution in [-0.4, -0.2) is 13.2 Å². The Kier molecular flexibility index (Phi) is 3.76. The quantitative estimate of drug-likeness (QED) is 0.818. The Morgan fingerprint density at radius 1 is 1.21 bits per heavy atom. The predicted octanol–water partition coefficient (Wildman–Crippen LogP) is 2.26. The van der Waals surface area contributed by atoms with Crippen LogP contribution in [0.2, 0.25) is 0 Å². The summed E-state index contributed by atoms with van der Waals surface area (Å²) in [5.74, 6) is -0.166. The zero-order valence-corrected chi connectivity index (χ0v) is 7.29. The summed E-state index contributed by atoms with van der Waals surface area (Å²) >= 11 is 0. The predicted molar refractivity (Wildman–Crippen MR) is 46.0 cm³/mol. The molecule has 0 saturated carbocycles. The summed E-state index contributed by atoms with van der Waals surface area (Å²) in [6, 6.07) is 5.68. The highest BCUT2D eigenvalue weighted by Gasteiger charge is 2.15. The maximum atomic E-state index is 13.1. The van der Waals surface area contributed by atoms with Crippen LogP contribution in [0.4, 0.5) is 13.2 Å². The minimum absolute atomic E-state index is 0.0512. The van der Waals surface area contributed by atoms with Crippen LogP contribution in [0.15, 0.2) is 24.3 Å². The number of halogens is 3. The molecular formula is C9H10F3NO. The first-order valence-electron chi connectivity index (χ1n) is 4.03. The monoisotopic (exact) mass is 205 g/mol. The topological polar surface area (TPSA) is 35.2 Å². The smallest absolute Gasteiger partial charge is 0.387 e. The van der Waals surface area contributed by atoms with Gasteiger partial charge >= 0.3 is 6.61 Å². The molecule has 0 aromatic heterocycles. The lowest BCUT2D eigenvalue weighted by atomic mass is 10.1. The number of hydrogen-bond donors (Lipinski definition) is 1. The maximum absolute atomic E-state index is 13.1. The summed E-state index contributed by atoms with van der Waals surface area (Å²) in [7, 11) is 0. The molecule has 78 valence electrons. The lowest BCUT2D eigenvalue weighted by Gasteiger charge is -2.12. The minimum Gasteiger partial charge on any atom is -0.434 e. The van der Waals surface area contributed by atoms with Crippen molar-refractivity contribution in [2.45, 2.75) is 12.8 Å². The van der Waals surface area contributed by atoms with Gasteiger partial charge in [0.15, 0.2) is 0 Å². The summed E-state index contributed by atoms with van der Waals surface area (Å²) in [5.41, 5.74) is 5.14. The molecule has 1 atom stereocenters. The Labute approximate surface area is 79.5 Å². The molecule has 0 bridgehead atoms. The van der Waals surface area contributed by atoms with Gasteiger partial charge in [0.2, 0.25) is 0 Å². The van der Waals surface area contributed by atoms with E-state index in [9.17, 15) is 13.2 Å². The number of hydrogen-bond acceptors (Lipinski definition) is 2. The molecule has 5 heteroatoms. The Bertz CT molecular complexity index is 293. The third-order valence-electron chi connectivity index (χ3n) is 1.68. The van der Waals surface area contributed by atoms with Crippen molar-refractivity contribution in [1.82, 2.24) is 0 Å². The van der Waals surface area contributed by atoms with Crippen LogP contribution in [0.3, 0.4) is 0 Å². The fourth-order valence-electron chi connectivity index (χ4n) is 1.07. The molecule has 0 radical (unpaired) electrons. The van der Waals surface area contributed by atoms with E-state index in [2.05, 4.69) is 4.74 Å². The lowest BCUT2D eigenvalue weighted by molar-refractivity contribution is -0.0510. The second-order valence-corrected chi connectivity index (χ2v) is 2.62. The van der Waals surface area contributed by atoms with Gasteiger partial charge in [0.25, 0.3) is 0 Å².